The Hall–Kier alpha value is -2.12. The summed E-state index contributed by atoms with van der Waals surface area (Å²) in [6.07, 6.45) is 1.08. The van der Waals surface area contributed by atoms with Gasteiger partial charge in [0, 0.05) is 39.1 Å². The van der Waals surface area contributed by atoms with Crippen LogP contribution in [0.1, 0.15) is 18.9 Å². The predicted octanol–water partition coefficient (Wildman–Crippen LogP) is 0.676. The Bertz CT molecular complexity index is 641. The molecule has 2 aliphatic heterocycles. The molecule has 2 aliphatic rings. The van der Waals surface area contributed by atoms with Crippen LogP contribution in [0.15, 0.2) is 24.3 Å². The fourth-order valence-electron chi connectivity index (χ4n) is 3.58. The third-order valence-corrected chi connectivity index (χ3v) is 5.31. The van der Waals surface area contributed by atoms with Crippen molar-refractivity contribution < 1.29 is 19.1 Å². The minimum Gasteiger partial charge on any atom is -0.497 e. The second-order valence-corrected chi connectivity index (χ2v) is 7.06. The molecule has 0 bridgehead atoms. The van der Waals surface area contributed by atoms with Crippen molar-refractivity contribution in [1.29, 1.82) is 0 Å². The van der Waals surface area contributed by atoms with Gasteiger partial charge < -0.3 is 24.6 Å². The van der Waals surface area contributed by atoms with E-state index in [0.29, 0.717) is 52.2 Å². The van der Waals surface area contributed by atoms with Crippen molar-refractivity contribution in [3.63, 3.8) is 0 Å². The van der Waals surface area contributed by atoms with Gasteiger partial charge in [-0.25, -0.2) is 0 Å². The molecule has 0 spiro atoms. The highest BCUT2D eigenvalue weighted by molar-refractivity contribution is 5.83. The Balaban J connectivity index is 1.43. The van der Waals surface area contributed by atoms with Crippen LogP contribution in [0.25, 0.3) is 0 Å². The highest BCUT2D eigenvalue weighted by atomic mass is 16.5. The molecular formula is C20H29N3O4. The van der Waals surface area contributed by atoms with Crippen molar-refractivity contribution >= 4 is 11.8 Å². The molecule has 0 radical (unpaired) electrons. The SMILES string of the molecule is COc1ccc(CCC(=O)N2CCN(C(=O)[C@H]3NCCO[C@@H]3C)CC2)cc1. The minimum absolute atomic E-state index is 0.0764. The van der Waals surface area contributed by atoms with Gasteiger partial charge in [0.15, 0.2) is 0 Å². The van der Waals surface area contributed by atoms with Crippen LogP contribution < -0.4 is 10.1 Å². The number of morpholine rings is 1. The number of aryl methyl sites for hydroxylation is 1. The molecule has 0 aliphatic carbocycles. The molecule has 1 aromatic carbocycles. The van der Waals surface area contributed by atoms with E-state index in [0.717, 1.165) is 11.3 Å². The Labute approximate surface area is 160 Å². The van der Waals surface area contributed by atoms with Crippen LogP contribution in [0.4, 0.5) is 0 Å². The molecule has 1 N–H and O–H groups in total. The van der Waals surface area contributed by atoms with Gasteiger partial charge in [-0.3, -0.25) is 9.59 Å². The van der Waals surface area contributed by atoms with Crippen LogP contribution in [-0.2, 0) is 20.7 Å². The molecule has 1 aromatic rings. The monoisotopic (exact) mass is 375 g/mol. The number of hydrogen-bond acceptors (Lipinski definition) is 5. The van der Waals surface area contributed by atoms with Crippen molar-refractivity contribution in [1.82, 2.24) is 15.1 Å². The molecule has 2 amide bonds. The van der Waals surface area contributed by atoms with E-state index in [-0.39, 0.29) is 24.0 Å². The fourth-order valence-corrected chi connectivity index (χ4v) is 3.58. The summed E-state index contributed by atoms with van der Waals surface area (Å²) in [7, 11) is 1.64. The topological polar surface area (TPSA) is 71.1 Å². The van der Waals surface area contributed by atoms with Gasteiger partial charge in [0.25, 0.3) is 0 Å². The second-order valence-electron chi connectivity index (χ2n) is 7.06. The van der Waals surface area contributed by atoms with Crippen LogP contribution in [0.5, 0.6) is 5.75 Å². The second kappa shape index (κ2) is 9.19. The lowest BCUT2D eigenvalue weighted by atomic mass is 10.1. The molecule has 2 fully saturated rings. The molecule has 0 aromatic heterocycles. The van der Waals surface area contributed by atoms with Gasteiger partial charge in [0.05, 0.1) is 19.8 Å². The van der Waals surface area contributed by atoms with Crippen molar-refractivity contribution in [2.45, 2.75) is 31.9 Å². The third-order valence-electron chi connectivity index (χ3n) is 5.31. The van der Waals surface area contributed by atoms with Crippen molar-refractivity contribution in [3.05, 3.63) is 29.8 Å². The normalized spacial score (nSPS) is 23.2. The van der Waals surface area contributed by atoms with Crippen LogP contribution in [0.3, 0.4) is 0 Å². The maximum Gasteiger partial charge on any atom is 0.242 e. The van der Waals surface area contributed by atoms with Crippen LogP contribution >= 0.6 is 0 Å². The first-order valence-electron chi connectivity index (χ1n) is 9.63. The smallest absolute Gasteiger partial charge is 0.242 e. The number of nitrogens with zero attached hydrogens (tertiary/aromatic N) is 2. The van der Waals surface area contributed by atoms with Crippen LogP contribution in [0, 0.1) is 0 Å². The highest BCUT2D eigenvalue weighted by Crippen LogP contribution is 2.14. The van der Waals surface area contributed by atoms with Gasteiger partial charge in [0.1, 0.15) is 11.8 Å². The lowest BCUT2D eigenvalue weighted by Gasteiger charge is -2.38. The van der Waals surface area contributed by atoms with E-state index in [1.807, 2.05) is 41.0 Å². The zero-order chi connectivity index (χ0) is 19.2. The van der Waals surface area contributed by atoms with E-state index in [9.17, 15) is 9.59 Å². The van der Waals surface area contributed by atoms with Gasteiger partial charge >= 0.3 is 0 Å². The summed E-state index contributed by atoms with van der Waals surface area (Å²) in [5, 5.41) is 3.24. The maximum absolute atomic E-state index is 12.7. The zero-order valence-electron chi connectivity index (χ0n) is 16.1. The van der Waals surface area contributed by atoms with Gasteiger partial charge in [-0.05, 0) is 31.0 Å². The quantitative estimate of drug-likeness (QED) is 0.819. The van der Waals surface area contributed by atoms with E-state index >= 15 is 0 Å². The van der Waals surface area contributed by atoms with Gasteiger partial charge in [-0.1, -0.05) is 12.1 Å². The molecule has 2 heterocycles. The summed E-state index contributed by atoms with van der Waals surface area (Å²) in [4.78, 5) is 28.9. The summed E-state index contributed by atoms with van der Waals surface area (Å²) < 4.78 is 10.7. The average Bonchev–Trinajstić information content (AvgIpc) is 2.72. The lowest BCUT2D eigenvalue weighted by Crippen LogP contribution is -2.60. The third kappa shape index (κ3) is 4.99. The first-order chi connectivity index (χ1) is 13.1. The number of carbonyl (C=O) groups excluding carboxylic acids is 2. The lowest BCUT2D eigenvalue weighted by molar-refractivity contribution is -0.144. The van der Waals surface area contributed by atoms with Gasteiger partial charge in [0.2, 0.25) is 11.8 Å². The molecule has 7 nitrogen and oxygen atoms in total. The van der Waals surface area contributed by atoms with Crippen molar-refractivity contribution in [2.24, 2.45) is 0 Å². The number of methoxy groups -OCH3 is 1. The summed E-state index contributed by atoms with van der Waals surface area (Å²) in [5.74, 6) is 1.04. The number of hydrogen-bond donors (Lipinski definition) is 1. The fraction of sp³-hybridized carbons (Fsp3) is 0.600. The van der Waals surface area contributed by atoms with Crippen LogP contribution in [0.2, 0.25) is 0 Å². The Kier molecular flexibility index (Phi) is 6.68. The Morgan fingerprint density at radius 2 is 1.81 bits per heavy atom. The number of benzene rings is 1. The number of rotatable bonds is 5. The minimum atomic E-state index is -0.281. The molecule has 2 atom stereocenters. The first kappa shape index (κ1) is 19.6. The van der Waals surface area contributed by atoms with E-state index < -0.39 is 0 Å². The summed E-state index contributed by atoms with van der Waals surface area (Å²) in [6, 6.07) is 7.52. The number of piperazine rings is 1. The summed E-state index contributed by atoms with van der Waals surface area (Å²) in [6.45, 7) is 5.61. The molecule has 148 valence electrons. The van der Waals surface area contributed by atoms with E-state index in [4.69, 9.17) is 9.47 Å². The molecule has 0 saturated carbocycles. The summed E-state index contributed by atoms with van der Waals surface area (Å²) in [5.41, 5.74) is 1.12. The number of ether oxygens (including phenoxy) is 2. The zero-order valence-corrected chi connectivity index (χ0v) is 16.1. The summed E-state index contributed by atoms with van der Waals surface area (Å²) >= 11 is 0. The average molecular weight is 375 g/mol. The van der Waals surface area contributed by atoms with Crippen LogP contribution in [-0.4, -0.2) is 80.2 Å². The molecular weight excluding hydrogens is 346 g/mol. The van der Waals surface area contributed by atoms with Crippen molar-refractivity contribution in [2.75, 3.05) is 46.4 Å². The van der Waals surface area contributed by atoms with Gasteiger partial charge in [-0.15, -0.1) is 0 Å². The molecule has 0 unspecified atom stereocenters. The predicted molar refractivity (Wildman–Crippen MR) is 102 cm³/mol. The van der Waals surface area contributed by atoms with Gasteiger partial charge in [-0.2, -0.15) is 0 Å². The highest BCUT2D eigenvalue weighted by Gasteiger charge is 2.33. The molecule has 7 heteroatoms. The van der Waals surface area contributed by atoms with E-state index in [2.05, 4.69) is 5.32 Å². The first-order valence-corrected chi connectivity index (χ1v) is 9.63. The number of amides is 2. The standard InChI is InChI=1S/C20H29N3O4/c1-15-19(21-9-14-27-15)20(25)23-12-10-22(11-13-23)18(24)8-5-16-3-6-17(26-2)7-4-16/h3-4,6-7,15,19,21H,5,8-14H2,1-2H3/t15-,19+/m1/s1. The maximum atomic E-state index is 12.7. The Morgan fingerprint density at radius 3 is 2.44 bits per heavy atom. The molecule has 27 heavy (non-hydrogen) atoms. The molecule has 3 rings (SSSR count). The number of nitrogens with one attached hydrogen (secondary N) is 1. The number of carbonyl (C=O) groups is 2. The Morgan fingerprint density at radius 1 is 1.15 bits per heavy atom. The molecule has 2 saturated heterocycles. The van der Waals surface area contributed by atoms with E-state index in [1.165, 1.54) is 0 Å². The van der Waals surface area contributed by atoms with Crippen molar-refractivity contribution in [3.8, 4) is 5.75 Å². The largest absolute Gasteiger partial charge is 0.497 e. The van der Waals surface area contributed by atoms with E-state index in [1.54, 1.807) is 7.11 Å².